The molecule has 2 atom stereocenters. The van der Waals surface area contributed by atoms with E-state index in [4.69, 9.17) is 4.74 Å². The minimum atomic E-state index is -0.665. The summed E-state index contributed by atoms with van der Waals surface area (Å²) in [7, 11) is 0. The maximum Gasteiger partial charge on any atom is 0.305 e. The second kappa shape index (κ2) is 58.2. The number of ether oxygens (including phenoxy) is 1. The number of carbonyl (C=O) groups excluding carboxylic acids is 2. The Labute approximate surface area is 425 Å². The van der Waals surface area contributed by atoms with E-state index in [0.717, 1.165) is 38.5 Å². The molecule has 0 aliphatic carbocycles. The predicted molar refractivity (Wildman–Crippen MR) is 297 cm³/mol. The van der Waals surface area contributed by atoms with Gasteiger partial charge >= 0.3 is 5.97 Å². The Hall–Kier alpha value is -1.40. The first-order valence-electron chi connectivity index (χ1n) is 30.9. The maximum absolute atomic E-state index is 12.4. The second-order valence-electron chi connectivity index (χ2n) is 21.4. The summed E-state index contributed by atoms with van der Waals surface area (Å²) in [5.74, 6) is -0.0257. The molecule has 0 aromatic carbocycles. The lowest BCUT2D eigenvalue weighted by molar-refractivity contribution is -0.143. The number of hydrogen-bond donors (Lipinski definition) is 3. The first-order chi connectivity index (χ1) is 33.5. The molecule has 0 bridgehead atoms. The van der Waals surface area contributed by atoms with Crippen molar-refractivity contribution in [2.45, 2.75) is 360 Å². The van der Waals surface area contributed by atoms with Gasteiger partial charge in [-0.3, -0.25) is 9.59 Å². The normalized spacial score (nSPS) is 12.6. The van der Waals surface area contributed by atoms with Crippen molar-refractivity contribution < 1.29 is 24.5 Å². The second-order valence-corrected chi connectivity index (χ2v) is 21.4. The molecule has 68 heavy (non-hydrogen) atoms. The van der Waals surface area contributed by atoms with Crippen molar-refractivity contribution in [3.63, 3.8) is 0 Å². The Morgan fingerprint density at radius 2 is 0.691 bits per heavy atom. The number of amides is 1. The van der Waals surface area contributed by atoms with Crippen LogP contribution in [0.5, 0.6) is 0 Å². The fraction of sp³-hybridized carbons (Fsp3) is 0.935. The van der Waals surface area contributed by atoms with Crippen molar-refractivity contribution in [1.29, 1.82) is 0 Å². The van der Waals surface area contributed by atoms with E-state index in [0.29, 0.717) is 25.9 Å². The Kier molecular flexibility index (Phi) is 57.0. The highest BCUT2D eigenvalue weighted by Gasteiger charge is 2.20. The van der Waals surface area contributed by atoms with Gasteiger partial charge in [0.25, 0.3) is 0 Å². The number of hydrogen-bond acceptors (Lipinski definition) is 5. The Morgan fingerprint density at radius 1 is 0.397 bits per heavy atom. The topological polar surface area (TPSA) is 95.9 Å². The van der Waals surface area contributed by atoms with E-state index in [1.54, 1.807) is 0 Å². The molecule has 0 fully saturated rings. The quantitative estimate of drug-likeness (QED) is 0.0321. The van der Waals surface area contributed by atoms with Crippen LogP contribution >= 0.6 is 0 Å². The average molecular weight is 961 g/mol. The zero-order valence-electron chi connectivity index (χ0n) is 46.1. The Bertz CT molecular complexity index is 1020. The number of rotatable bonds is 58. The van der Waals surface area contributed by atoms with Gasteiger partial charge in [-0.1, -0.05) is 296 Å². The monoisotopic (exact) mass is 960 g/mol. The molecular weight excluding hydrogens is 839 g/mol. The molecule has 404 valence electrons. The standard InChI is InChI=1S/C62H121NO5/c1-3-5-7-9-11-13-14-15-16-17-23-27-30-33-36-40-44-48-52-56-62(67)68-57-53-49-45-41-37-34-31-28-25-22-20-18-19-21-24-26-29-32-35-39-43-47-51-55-61(66)63-59(58-64)60(65)54-50-46-42-38-12-10-8-6-4-2/h21,24,59-60,64-65H,3-20,22-23,25-58H2,1-2H3,(H,63,66)/b24-21-. The third-order valence-electron chi connectivity index (χ3n) is 14.6. The van der Waals surface area contributed by atoms with E-state index in [2.05, 4.69) is 31.3 Å². The first-order valence-corrected chi connectivity index (χ1v) is 30.9. The van der Waals surface area contributed by atoms with Crippen LogP contribution in [-0.2, 0) is 14.3 Å². The highest BCUT2D eigenvalue weighted by molar-refractivity contribution is 5.76. The third-order valence-corrected chi connectivity index (χ3v) is 14.6. The van der Waals surface area contributed by atoms with Crippen LogP contribution in [0.25, 0.3) is 0 Å². The van der Waals surface area contributed by atoms with Crippen LogP contribution in [0.15, 0.2) is 12.2 Å². The van der Waals surface area contributed by atoms with Crippen molar-refractivity contribution in [3.8, 4) is 0 Å². The number of unbranched alkanes of at least 4 members (excludes halogenated alkanes) is 45. The maximum atomic E-state index is 12.4. The van der Waals surface area contributed by atoms with Crippen LogP contribution in [0.3, 0.4) is 0 Å². The molecule has 0 spiro atoms. The van der Waals surface area contributed by atoms with Gasteiger partial charge < -0.3 is 20.3 Å². The van der Waals surface area contributed by atoms with Gasteiger partial charge in [0.15, 0.2) is 0 Å². The molecule has 2 unspecified atom stereocenters. The van der Waals surface area contributed by atoms with Crippen LogP contribution in [0.2, 0.25) is 0 Å². The van der Waals surface area contributed by atoms with E-state index in [9.17, 15) is 19.8 Å². The number of aliphatic hydroxyl groups excluding tert-OH is 2. The van der Waals surface area contributed by atoms with Gasteiger partial charge in [-0.2, -0.15) is 0 Å². The van der Waals surface area contributed by atoms with E-state index >= 15 is 0 Å². The van der Waals surface area contributed by atoms with Gasteiger partial charge in [-0.05, 0) is 51.4 Å². The summed E-state index contributed by atoms with van der Waals surface area (Å²) in [4.78, 5) is 24.5. The summed E-state index contributed by atoms with van der Waals surface area (Å²) in [6.45, 7) is 4.95. The fourth-order valence-electron chi connectivity index (χ4n) is 9.81. The zero-order chi connectivity index (χ0) is 49.3. The van der Waals surface area contributed by atoms with Crippen LogP contribution in [0, 0.1) is 0 Å². The smallest absolute Gasteiger partial charge is 0.305 e. The van der Waals surface area contributed by atoms with Crippen molar-refractivity contribution >= 4 is 11.9 Å². The predicted octanol–water partition coefficient (Wildman–Crippen LogP) is 19.2. The molecule has 0 rings (SSSR count). The first kappa shape index (κ1) is 66.6. The largest absolute Gasteiger partial charge is 0.466 e. The van der Waals surface area contributed by atoms with Crippen LogP contribution in [0.4, 0.5) is 0 Å². The molecule has 0 aliphatic heterocycles. The molecular formula is C62H121NO5. The lowest BCUT2D eigenvalue weighted by Crippen LogP contribution is -2.45. The molecule has 0 radical (unpaired) electrons. The summed E-state index contributed by atoms with van der Waals surface area (Å²) in [5, 5.41) is 23.1. The van der Waals surface area contributed by atoms with Crippen LogP contribution < -0.4 is 5.32 Å². The molecule has 3 N–H and O–H groups in total. The molecule has 6 nitrogen and oxygen atoms in total. The van der Waals surface area contributed by atoms with Gasteiger partial charge in [0.2, 0.25) is 5.91 Å². The molecule has 0 heterocycles. The number of nitrogens with one attached hydrogen (secondary N) is 1. The van der Waals surface area contributed by atoms with Crippen LogP contribution in [-0.4, -0.2) is 47.4 Å². The highest BCUT2D eigenvalue weighted by atomic mass is 16.5. The number of esters is 1. The zero-order valence-corrected chi connectivity index (χ0v) is 46.1. The summed E-state index contributed by atoms with van der Waals surface area (Å²) in [5.41, 5.74) is 0. The summed E-state index contributed by atoms with van der Waals surface area (Å²) in [6.07, 6.45) is 69.5. The summed E-state index contributed by atoms with van der Waals surface area (Å²) >= 11 is 0. The fourth-order valence-corrected chi connectivity index (χ4v) is 9.81. The summed E-state index contributed by atoms with van der Waals surface area (Å²) in [6, 6.07) is -0.543. The van der Waals surface area contributed by atoms with Gasteiger partial charge in [0, 0.05) is 12.8 Å². The molecule has 0 aromatic rings. The lowest BCUT2D eigenvalue weighted by Gasteiger charge is -2.22. The summed E-state index contributed by atoms with van der Waals surface area (Å²) < 4.78 is 5.50. The van der Waals surface area contributed by atoms with E-state index in [1.165, 1.54) is 276 Å². The third kappa shape index (κ3) is 53.9. The number of carbonyl (C=O) groups is 2. The van der Waals surface area contributed by atoms with E-state index in [-0.39, 0.29) is 18.5 Å². The average Bonchev–Trinajstić information content (AvgIpc) is 3.34. The molecule has 0 saturated heterocycles. The van der Waals surface area contributed by atoms with Crippen molar-refractivity contribution in [1.82, 2.24) is 5.32 Å². The molecule has 0 aromatic heterocycles. The van der Waals surface area contributed by atoms with Gasteiger partial charge in [0.05, 0.1) is 25.4 Å². The van der Waals surface area contributed by atoms with Gasteiger partial charge in [-0.25, -0.2) is 0 Å². The Balaban J connectivity index is 3.34. The molecule has 6 heteroatoms. The minimum absolute atomic E-state index is 0.0167. The van der Waals surface area contributed by atoms with Crippen molar-refractivity contribution in [2.75, 3.05) is 13.2 Å². The molecule has 0 saturated carbocycles. The van der Waals surface area contributed by atoms with Crippen LogP contribution in [0.1, 0.15) is 348 Å². The Morgan fingerprint density at radius 3 is 1.04 bits per heavy atom. The molecule has 1 amide bonds. The number of aliphatic hydroxyl groups is 2. The highest BCUT2D eigenvalue weighted by Crippen LogP contribution is 2.18. The molecule has 0 aliphatic rings. The number of allylic oxidation sites excluding steroid dienone is 2. The minimum Gasteiger partial charge on any atom is -0.466 e. The lowest BCUT2D eigenvalue weighted by atomic mass is 10.0. The van der Waals surface area contributed by atoms with Gasteiger partial charge in [0.1, 0.15) is 0 Å². The SMILES string of the molecule is CCCCCCCCCCCCCCCCCCCCCC(=O)OCCCCCCCCCCCCCC/C=C\CCCCCCCCCC(=O)NC(CO)C(O)CCCCCCCCCCC. The van der Waals surface area contributed by atoms with E-state index < -0.39 is 12.1 Å². The van der Waals surface area contributed by atoms with Crippen molar-refractivity contribution in [2.24, 2.45) is 0 Å². The van der Waals surface area contributed by atoms with E-state index in [1.807, 2.05) is 0 Å². The van der Waals surface area contributed by atoms with Gasteiger partial charge in [-0.15, -0.1) is 0 Å². The van der Waals surface area contributed by atoms with Crippen molar-refractivity contribution in [3.05, 3.63) is 12.2 Å².